The molecule has 2 aromatic carbocycles. The molecule has 43 heavy (non-hydrogen) atoms. The van der Waals surface area contributed by atoms with Gasteiger partial charge in [-0.2, -0.15) is 13.2 Å². The fourth-order valence-corrected chi connectivity index (χ4v) is 5.65. The van der Waals surface area contributed by atoms with Gasteiger partial charge >= 0.3 is 12.2 Å². The van der Waals surface area contributed by atoms with Crippen LogP contribution in [-0.2, 0) is 14.8 Å². The van der Waals surface area contributed by atoms with Gasteiger partial charge in [0.25, 0.3) is 10.0 Å². The maximum absolute atomic E-state index is 15.1. The predicted molar refractivity (Wildman–Crippen MR) is 148 cm³/mol. The predicted octanol–water partition coefficient (Wildman–Crippen LogP) is 6.48. The van der Waals surface area contributed by atoms with Gasteiger partial charge in [0, 0.05) is 43.9 Å². The van der Waals surface area contributed by atoms with E-state index in [-0.39, 0.29) is 46.1 Å². The molecule has 2 aromatic heterocycles. The molecule has 230 valence electrons. The molecule has 0 aliphatic heterocycles. The Hall–Kier alpha value is -4.24. The number of fused-ring (bicyclic) bond motifs is 1. The molecular formula is C28H27F5N4O5S. The fourth-order valence-electron chi connectivity index (χ4n) is 4.33. The van der Waals surface area contributed by atoms with Crippen LogP contribution in [0.5, 0.6) is 11.5 Å². The lowest BCUT2D eigenvalue weighted by atomic mass is 9.97. The van der Waals surface area contributed by atoms with Gasteiger partial charge in [-0.15, -0.1) is 0 Å². The van der Waals surface area contributed by atoms with E-state index in [0.29, 0.717) is 0 Å². The quantitative estimate of drug-likeness (QED) is 0.154. The number of aromatic nitrogens is 2. The molecule has 9 nitrogen and oxygen atoms in total. The Labute approximate surface area is 243 Å². The Morgan fingerprint density at radius 2 is 1.74 bits per heavy atom. The summed E-state index contributed by atoms with van der Waals surface area (Å²) in [5, 5.41) is 4.51. The Kier molecular flexibility index (Phi) is 9.25. The van der Waals surface area contributed by atoms with Crippen LogP contribution in [0.1, 0.15) is 30.4 Å². The smallest absolute Gasteiger partial charge is 0.389 e. The van der Waals surface area contributed by atoms with Crippen LogP contribution >= 0.6 is 0 Å². The molecule has 0 fully saturated rings. The molecule has 15 heteroatoms. The van der Waals surface area contributed by atoms with Crippen LogP contribution in [0.15, 0.2) is 59.8 Å². The van der Waals surface area contributed by atoms with E-state index in [1.54, 1.807) is 19.1 Å². The molecule has 0 saturated heterocycles. The van der Waals surface area contributed by atoms with Crippen molar-refractivity contribution < 1.29 is 44.6 Å². The van der Waals surface area contributed by atoms with Crippen molar-refractivity contribution in [2.75, 3.05) is 25.6 Å². The van der Waals surface area contributed by atoms with Gasteiger partial charge in [0.15, 0.2) is 23.0 Å². The summed E-state index contributed by atoms with van der Waals surface area (Å²) in [6.07, 6.45) is -3.81. The van der Waals surface area contributed by atoms with Crippen LogP contribution in [0.25, 0.3) is 11.0 Å². The first kappa shape index (κ1) is 31.7. The van der Waals surface area contributed by atoms with Crippen LogP contribution in [0.2, 0.25) is 0 Å². The van der Waals surface area contributed by atoms with Crippen molar-refractivity contribution in [1.29, 1.82) is 0 Å². The van der Waals surface area contributed by atoms with Crippen molar-refractivity contribution in [3.8, 4) is 11.5 Å². The number of benzene rings is 2. The summed E-state index contributed by atoms with van der Waals surface area (Å²) < 4.78 is 108. The summed E-state index contributed by atoms with van der Waals surface area (Å²) in [7, 11) is -2.93. The Bertz CT molecular complexity index is 1720. The van der Waals surface area contributed by atoms with E-state index in [2.05, 4.69) is 15.6 Å². The number of methoxy groups -OCH3 is 1. The molecule has 4 rings (SSSR count). The van der Waals surface area contributed by atoms with Gasteiger partial charge in [-0.05, 0) is 36.6 Å². The zero-order valence-electron chi connectivity index (χ0n) is 23.1. The second-order valence-corrected chi connectivity index (χ2v) is 11.5. The van der Waals surface area contributed by atoms with Crippen molar-refractivity contribution >= 4 is 32.8 Å². The van der Waals surface area contributed by atoms with E-state index >= 15 is 8.78 Å². The summed E-state index contributed by atoms with van der Waals surface area (Å²) in [6.45, 7) is 3.34. The number of carbonyl (C=O) groups is 1. The second kappa shape index (κ2) is 12.6. The highest BCUT2D eigenvalue weighted by molar-refractivity contribution is 7.90. The highest BCUT2D eigenvalue weighted by atomic mass is 32.2. The monoisotopic (exact) mass is 626 g/mol. The van der Waals surface area contributed by atoms with E-state index in [0.717, 1.165) is 40.1 Å². The lowest BCUT2D eigenvalue weighted by molar-refractivity contribution is -0.137. The van der Waals surface area contributed by atoms with Crippen molar-refractivity contribution in [1.82, 2.24) is 14.3 Å². The Balaban J connectivity index is 1.79. The van der Waals surface area contributed by atoms with Gasteiger partial charge in [-0.3, -0.25) is 0 Å². The summed E-state index contributed by atoms with van der Waals surface area (Å²) in [5.74, 6) is -5.03. The number of urea groups is 1. The zero-order chi connectivity index (χ0) is 31.5. The topological polar surface area (TPSA) is 112 Å². The number of pyridine rings is 1. The number of hydrogen-bond acceptors (Lipinski definition) is 6. The van der Waals surface area contributed by atoms with Crippen molar-refractivity contribution in [3.63, 3.8) is 0 Å². The normalized spacial score (nSPS) is 12.7. The van der Waals surface area contributed by atoms with Crippen LogP contribution in [0.3, 0.4) is 0 Å². The van der Waals surface area contributed by atoms with Crippen molar-refractivity contribution in [2.24, 2.45) is 0 Å². The fraction of sp³-hybridized carbons (Fsp3) is 0.286. The molecule has 4 aromatic rings. The number of anilines is 1. The van der Waals surface area contributed by atoms with E-state index in [1.165, 1.54) is 26.2 Å². The first-order valence-corrected chi connectivity index (χ1v) is 14.2. The molecular weight excluding hydrogens is 599 g/mol. The standard InChI is InChI=1S/C28H27F5N4O5S/c1-16-4-6-19(7-5-16)43(39,40)37-15-20(17(2)14-28(31,32)33)24-23(8-9-34-26(24)37)42-25-21(29)12-18(13-22(25)30)36-27(38)35-10-11-41-3/h4-9,12-13,15,17H,10-11,14H2,1-3H3,(H2,35,36,38). The number of amides is 2. The van der Waals surface area contributed by atoms with Gasteiger partial charge in [-0.1, -0.05) is 24.6 Å². The minimum absolute atomic E-state index is 0.113. The highest BCUT2D eigenvalue weighted by Crippen LogP contribution is 2.42. The third-order valence-corrected chi connectivity index (χ3v) is 8.02. The molecule has 0 radical (unpaired) electrons. The van der Waals surface area contributed by atoms with Gasteiger partial charge < -0.3 is 20.1 Å². The summed E-state index contributed by atoms with van der Waals surface area (Å²) in [5.41, 5.74) is 0.125. The van der Waals surface area contributed by atoms with E-state index in [1.807, 2.05) is 0 Å². The average molecular weight is 627 g/mol. The second-order valence-electron chi connectivity index (χ2n) is 9.67. The molecule has 2 amide bonds. The number of nitrogens with zero attached hydrogens (tertiary/aromatic N) is 2. The molecule has 1 unspecified atom stereocenters. The molecule has 0 bridgehead atoms. The molecule has 0 spiro atoms. The lowest BCUT2D eigenvalue weighted by Crippen LogP contribution is -2.31. The summed E-state index contributed by atoms with van der Waals surface area (Å²) in [4.78, 5) is 15.9. The molecule has 2 heterocycles. The lowest BCUT2D eigenvalue weighted by Gasteiger charge is -2.15. The summed E-state index contributed by atoms with van der Waals surface area (Å²) >= 11 is 0. The maximum Gasteiger partial charge on any atom is 0.389 e. The number of aryl methyl sites for hydroxylation is 1. The van der Waals surface area contributed by atoms with Gasteiger partial charge in [-0.25, -0.2) is 30.9 Å². The molecule has 0 aliphatic rings. The average Bonchev–Trinajstić information content (AvgIpc) is 3.32. The van der Waals surface area contributed by atoms with E-state index in [4.69, 9.17) is 9.47 Å². The highest BCUT2D eigenvalue weighted by Gasteiger charge is 2.34. The van der Waals surface area contributed by atoms with Crippen LogP contribution in [-0.4, -0.2) is 49.8 Å². The summed E-state index contributed by atoms with van der Waals surface area (Å²) in [6, 6.07) is 7.77. The van der Waals surface area contributed by atoms with Gasteiger partial charge in [0.1, 0.15) is 5.75 Å². The molecule has 0 saturated carbocycles. The number of ether oxygens (including phenoxy) is 2. The van der Waals surface area contributed by atoms with Gasteiger partial charge in [0.05, 0.1) is 23.3 Å². The van der Waals surface area contributed by atoms with E-state index in [9.17, 15) is 26.4 Å². The molecule has 0 aliphatic carbocycles. The maximum atomic E-state index is 15.1. The zero-order valence-corrected chi connectivity index (χ0v) is 23.9. The largest absolute Gasteiger partial charge is 0.450 e. The number of nitrogens with one attached hydrogen (secondary N) is 2. The minimum atomic E-state index is -4.61. The SMILES string of the molecule is COCCNC(=O)Nc1cc(F)c(Oc2ccnc3c2c(C(C)CC(F)(F)F)cn3S(=O)(=O)c2ccc(C)cc2)c(F)c1. The van der Waals surface area contributed by atoms with Crippen LogP contribution in [0.4, 0.5) is 32.4 Å². The van der Waals surface area contributed by atoms with Crippen LogP contribution < -0.4 is 15.4 Å². The molecule has 2 N–H and O–H groups in total. The van der Waals surface area contributed by atoms with Crippen molar-refractivity contribution in [2.45, 2.75) is 37.3 Å². The minimum Gasteiger partial charge on any atom is -0.450 e. The number of carbonyl (C=O) groups excluding carboxylic acids is 1. The first-order valence-electron chi connectivity index (χ1n) is 12.8. The Morgan fingerprint density at radius 3 is 2.35 bits per heavy atom. The number of halogens is 5. The number of rotatable bonds is 10. The Morgan fingerprint density at radius 1 is 1.09 bits per heavy atom. The van der Waals surface area contributed by atoms with Crippen molar-refractivity contribution in [3.05, 3.63) is 77.6 Å². The van der Waals surface area contributed by atoms with Crippen LogP contribution in [0, 0.1) is 18.6 Å². The number of alkyl halides is 3. The molecule has 1 atom stereocenters. The van der Waals surface area contributed by atoms with E-state index < -0.39 is 52.0 Å². The first-order chi connectivity index (χ1) is 20.2. The van der Waals surface area contributed by atoms with Gasteiger partial charge in [0.2, 0.25) is 0 Å². The number of hydrogen-bond donors (Lipinski definition) is 2. The third-order valence-electron chi connectivity index (χ3n) is 6.35. The third kappa shape index (κ3) is 7.22.